The van der Waals surface area contributed by atoms with E-state index in [2.05, 4.69) is 15.3 Å². The largest absolute Gasteiger partial charge is 0.414 e. The maximum atomic E-state index is 14.2. The summed E-state index contributed by atoms with van der Waals surface area (Å²) in [4.78, 5) is 19.4. The SMILES string of the molecule is Cc1c(C(NC(=O)Nc2cnc(N)nc2)C(F)(F)F)n(C)c2c(F)cc(F)cc12. The van der Waals surface area contributed by atoms with Crippen LogP contribution in [0.4, 0.5) is 38.4 Å². The third kappa shape index (κ3) is 3.91. The summed E-state index contributed by atoms with van der Waals surface area (Å²) in [6, 6.07) is -2.17. The van der Waals surface area contributed by atoms with E-state index in [0.717, 1.165) is 23.0 Å². The predicted molar refractivity (Wildman–Crippen MR) is 95.0 cm³/mol. The van der Waals surface area contributed by atoms with Crippen LogP contribution in [0.5, 0.6) is 0 Å². The first-order valence-corrected chi connectivity index (χ1v) is 8.14. The van der Waals surface area contributed by atoms with E-state index >= 15 is 0 Å². The molecule has 0 aliphatic carbocycles. The molecule has 2 heterocycles. The van der Waals surface area contributed by atoms with Gasteiger partial charge in [-0.15, -0.1) is 0 Å². The second-order valence-corrected chi connectivity index (χ2v) is 6.26. The molecule has 0 saturated heterocycles. The number of nitrogens with zero attached hydrogens (tertiary/aromatic N) is 3. The number of urea groups is 1. The topological polar surface area (TPSA) is 97.9 Å². The van der Waals surface area contributed by atoms with E-state index in [9.17, 15) is 26.7 Å². The van der Waals surface area contributed by atoms with E-state index in [1.54, 1.807) is 0 Å². The Bertz CT molecular complexity index is 1080. The van der Waals surface area contributed by atoms with Gasteiger partial charge in [0.1, 0.15) is 11.6 Å². The van der Waals surface area contributed by atoms with Crippen molar-refractivity contribution >= 4 is 28.6 Å². The molecule has 2 amide bonds. The minimum atomic E-state index is -4.92. The van der Waals surface area contributed by atoms with Crippen LogP contribution in [0, 0.1) is 18.6 Å². The van der Waals surface area contributed by atoms with Gasteiger partial charge in [0.05, 0.1) is 29.3 Å². The van der Waals surface area contributed by atoms with E-state index in [0.29, 0.717) is 6.07 Å². The van der Waals surface area contributed by atoms with E-state index < -0.39 is 35.6 Å². The number of fused-ring (bicyclic) bond motifs is 1. The van der Waals surface area contributed by atoms with E-state index in [4.69, 9.17) is 5.73 Å². The quantitative estimate of drug-likeness (QED) is 0.571. The highest BCUT2D eigenvalue weighted by Crippen LogP contribution is 2.38. The molecule has 3 aromatic rings. The zero-order valence-corrected chi connectivity index (χ0v) is 15.1. The van der Waals surface area contributed by atoms with Crippen molar-refractivity contribution in [3.05, 3.63) is 47.4 Å². The van der Waals surface area contributed by atoms with Crippen LogP contribution in [0.1, 0.15) is 17.3 Å². The van der Waals surface area contributed by atoms with Crippen LogP contribution in [-0.2, 0) is 7.05 Å². The van der Waals surface area contributed by atoms with Crippen molar-refractivity contribution in [2.24, 2.45) is 7.05 Å². The molecule has 0 bridgehead atoms. The normalized spacial score (nSPS) is 12.8. The molecule has 1 atom stereocenters. The number of carbonyl (C=O) groups is 1. The van der Waals surface area contributed by atoms with Crippen LogP contribution in [-0.4, -0.2) is 26.7 Å². The highest BCUT2D eigenvalue weighted by molar-refractivity contribution is 5.90. The minimum Gasteiger partial charge on any atom is -0.368 e. The fourth-order valence-corrected chi connectivity index (χ4v) is 3.12. The number of hydrogen-bond donors (Lipinski definition) is 3. The zero-order valence-electron chi connectivity index (χ0n) is 15.1. The van der Waals surface area contributed by atoms with Gasteiger partial charge < -0.3 is 20.9 Å². The summed E-state index contributed by atoms with van der Waals surface area (Å²) in [6.45, 7) is 1.29. The van der Waals surface area contributed by atoms with Gasteiger partial charge in [0.2, 0.25) is 5.95 Å². The average molecular weight is 414 g/mol. The molecule has 3 rings (SSSR count). The molecular formula is C17H15F5N6O. The summed E-state index contributed by atoms with van der Waals surface area (Å²) in [5.74, 6) is -2.02. The average Bonchev–Trinajstić information content (AvgIpc) is 2.85. The number of hydrogen-bond acceptors (Lipinski definition) is 4. The van der Waals surface area contributed by atoms with Gasteiger partial charge in [-0.1, -0.05) is 0 Å². The number of carbonyl (C=O) groups excluding carboxylic acids is 1. The number of aryl methyl sites for hydroxylation is 2. The van der Waals surface area contributed by atoms with Crippen LogP contribution >= 0.6 is 0 Å². The predicted octanol–water partition coefficient (Wildman–Crippen LogP) is 3.56. The first-order valence-electron chi connectivity index (χ1n) is 8.14. The lowest BCUT2D eigenvalue weighted by molar-refractivity contribution is -0.156. The number of halogens is 5. The molecule has 154 valence electrons. The molecule has 29 heavy (non-hydrogen) atoms. The maximum absolute atomic E-state index is 14.2. The van der Waals surface area contributed by atoms with Crippen molar-refractivity contribution in [2.45, 2.75) is 19.1 Å². The third-order valence-corrected chi connectivity index (χ3v) is 4.32. The van der Waals surface area contributed by atoms with Crippen molar-refractivity contribution in [1.82, 2.24) is 19.9 Å². The fraction of sp³-hybridized carbons (Fsp3) is 0.235. The number of nitrogen functional groups attached to an aromatic ring is 1. The molecule has 0 aliphatic rings. The number of amides is 2. The van der Waals surface area contributed by atoms with Crippen molar-refractivity contribution < 1.29 is 26.7 Å². The van der Waals surface area contributed by atoms with Gasteiger partial charge in [-0.25, -0.2) is 23.5 Å². The standard InChI is InChI=1S/C17H15F5N6O/c1-7-10-3-8(18)4-11(19)13(10)28(2)12(7)14(17(20,21)22)27-16(29)26-9-5-24-15(23)25-6-9/h3-6,14H,1-2H3,(H2,23,24,25)(H2,26,27,29). The monoisotopic (exact) mass is 414 g/mol. The highest BCUT2D eigenvalue weighted by atomic mass is 19.4. The number of aromatic nitrogens is 3. The first-order chi connectivity index (χ1) is 13.5. The molecule has 2 aromatic heterocycles. The summed E-state index contributed by atoms with van der Waals surface area (Å²) >= 11 is 0. The summed E-state index contributed by atoms with van der Waals surface area (Å²) in [5.41, 5.74) is 4.67. The summed E-state index contributed by atoms with van der Waals surface area (Å²) in [6.07, 6.45) is -2.69. The van der Waals surface area contributed by atoms with Crippen molar-refractivity contribution in [2.75, 3.05) is 11.1 Å². The Kier molecular flexibility index (Phi) is 5.03. The van der Waals surface area contributed by atoms with Gasteiger partial charge >= 0.3 is 12.2 Å². The Morgan fingerprint density at radius 1 is 1.21 bits per heavy atom. The van der Waals surface area contributed by atoms with Crippen LogP contribution in [0.15, 0.2) is 24.5 Å². The lowest BCUT2D eigenvalue weighted by Crippen LogP contribution is -2.41. The molecule has 1 aromatic carbocycles. The second-order valence-electron chi connectivity index (χ2n) is 6.26. The van der Waals surface area contributed by atoms with E-state index in [1.165, 1.54) is 14.0 Å². The van der Waals surface area contributed by atoms with Gasteiger partial charge in [-0.3, -0.25) is 0 Å². The first kappa shape index (κ1) is 20.3. The van der Waals surface area contributed by atoms with Gasteiger partial charge in [0, 0.05) is 18.5 Å². The molecular weight excluding hydrogens is 399 g/mol. The fourth-order valence-electron chi connectivity index (χ4n) is 3.12. The second kappa shape index (κ2) is 7.18. The van der Waals surface area contributed by atoms with Crippen LogP contribution in [0.2, 0.25) is 0 Å². The molecule has 0 aliphatic heterocycles. The van der Waals surface area contributed by atoms with Crippen LogP contribution in [0.3, 0.4) is 0 Å². The number of rotatable bonds is 3. The Morgan fingerprint density at radius 3 is 2.41 bits per heavy atom. The van der Waals surface area contributed by atoms with Gasteiger partial charge in [0.25, 0.3) is 0 Å². The highest BCUT2D eigenvalue weighted by Gasteiger charge is 2.45. The Hall–Kier alpha value is -3.44. The summed E-state index contributed by atoms with van der Waals surface area (Å²) in [5, 5.41) is 3.95. The smallest absolute Gasteiger partial charge is 0.368 e. The number of nitrogens with two attached hydrogens (primary N) is 1. The zero-order chi connectivity index (χ0) is 21.5. The summed E-state index contributed by atoms with van der Waals surface area (Å²) < 4.78 is 70.0. The lowest BCUT2D eigenvalue weighted by Gasteiger charge is -2.23. The van der Waals surface area contributed by atoms with Crippen LogP contribution in [0.25, 0.3) is 10.9 Å². The van der Waals surface area contributed by atoms with Crippen molar-refractivity contribution in [3.63, 3.8) is 0 Å². The number of benzene rings is 1. The Balaban J connectivity index is 2.01. The van der Waals surface area contributed by atoms with Gasteiger partial charge in [0.15, 0.2) is 6.04 Å². The van der Waals surface area contributed by atoms with E-state index in [-0.39, 0.29) is 28.1 Å². The molecule has 12 heteroatoms. The van der Waals surface area contributed by atoms with Gasteiger partial charge in [-0.2, -0.15) is 13.2 Å². The molecule has 0 radical (unpaired) electrons. The van der Waals surface area contributed by atoms with Crippen molar-refractivity contribution in [1.29, 1.82) is 0 Å². The van der Waals surface area contributed by atoms with Crippen LogP contribution < -0.4 is 16.4 Å². The molecule has 1 unspecified atom stereocenters. The Labute approximate surface area is 160 Å². The molecule has 0 fully saturated rings. The van der Waals surface area contributed by atoms with E-state index in [1.807, 2.05) is 5.32 Å². The number of anilines is 2. The number of nitrogens with one attached hydrogen (secondary N) is 2. The molecule has 0 spiro atoms. The molecule has 0 saturated carbocycles. The number of alkyl halides is 3. The lowest BCUT2D eigenvalue weighted by atomic mass is 10.1. The molecule has 7 nitrogen and oxygen atoms in total. The third-order valence-electron chi connectivity index (χ3n) is 4.32. The molecule has 4 N–H and O–H groups in total. The van der Waals surface area contributed by atoms with Gasteiger partial charge in [-0.05, 0) is 18.6 Å². The minimum absolute atomic E-state index is 0.0134. The maximum Gasteiger partial charge on any atom is 0.414 e. The van der Waals surface area contributed by atoms with Crippen molar-refractivity contribution in [3.8, 4) is 0 Å². The Morgan fingerprint density at radius 2 is 1.83 bits per heavy atom. The summed E-state index contributed by atoms with van der Waals surface area (Å²) in [7, 11) is 1.21.